The van der Waals surface area contributed by atoms with Gasteiger partial charge in [0.05, 0.1) is 23.1 Å². The molecule has 0 aliphatic carbocycles. The first kappa shape index (κ1) is 22.5. The van der Waals surface area contributed by atoms with Gasteiger partial charge in [0.1, 0.15) is 18.3 Å². The summed E-state index contributed by atoms with van der Waals surface area (Å²) in [5.41, 5.74) is 10.6. The van der Waals surface area contributed by atoms with Crippen LogP contribution in [0.3, 0.4) is 0 Å². The molecule has 7 nitrogen and oxygen atoms in total. The molecule has 1 aliphatic rings. The molecular weight excluding hydrogens is 455 g/mol. The second-order valence-corrected chi connectivity index (χ2v) is 7.97. The number of fused-ring (bicyclic) bond motifs is 1. The highest BCUT2D eigenvalue weighted by molar-refractivity contribution is 5.82. The molecule has 1 unspecified atom stereocenters. The van der Waals surface area contributed by atoms with Gasteiger partial charge in [0.25, 0.3) is 0 Å². The molecule has 4 heterocycles. The first-order valence-corrected chi connectivity index (χ1v) is 10.7. The topological polar surface area (TPSA) is 92.9 Å². The molecule has 0 bridgehead atoms. The summed E-state index contributed by atoms with van der Waals surface area (Å²) in [6, 6.07) is 12.3. The van der Waals surface area contributed by atoms with Crippen LogP contribution in [0.15, 0.2) is 73.6 Å². The van der Waals surface area contributed by atoms with E-state index in [0.29, 0.717) is 5.82 Å². The number of hydrogen-bond donors (Lipinski definition) is 2. The number of alkyl halides is 3. The minimum absolute atomic E-state index is 0.249. The molecule has 3 aromatic heterocycles. The molecule has 176 valence electrons. The minimum Gasteiger partial charge on any atom is -0.339 e. The summed E-state index contributed by atoms with van der Waals surface area (Å²) < 4.78 is 39.6. The molecule has 1 aromatic carbocycles. The van der Waals surface area contributed by atoms with Gasteiger partial charge in [-0.2, -0.15) is 13.2 Å². The average Bonchev–Trinajstić information content (AvgIpc) is 2.85. The van der Waals surface area contributed by atoms with Crippen molar-refractivity contribution >= 4 is 23.3 Å². The highest BCUT2D eigenvalue weighted by Crippen LogP contribution is 2.38. The van der Waals surface area contributed by atoms with E-state index in [0.717, 1.165) is 46.0 Å². The first-order chi connectivity index (χ1) is 16.8. The second-order valence-electron chi connectivity index (χ2n) is 7.97. The molecule has 0 saturated heterocycles. The van der Waals surface area contributed by atoms with Gasteiger partial charge >= 0.3 is 6.18 Å². The van der Waals surface area contributed by atoms with Gasteiger partial charge in [-0.3, -0.25) is 4.98 Å². The van der Waals surface area contributed by atoms with E-state index < -0.39 is 17.9 Å². The van der Waals surface area contributed by atoms with Crippen LogP contribution in [-0.4, -0.2) is 19.9 Å². The maximum Gasteiger partial charge on any atom is 0.417 e. The Morgan fingerprint density at radius 1 is 1.06 bits per heavy atom. The molecule has 1 atom stereocenters. The maximum absolute atomic E-state index is 13.2. The van der Waals surface area contributed by atoms with Crippen molar-refractivity contribution in [1.82, 2.24) is 19.9 Å². The zero-order chi connectivity index (χ0) is 24.6. The van der Waals surface area contributed by atoms with Crippen molar-refractivity contribution in [2.45, 2.75) is 19.3 Å². The molecule has 0 amide bonds. The number of halogens is 3. The fraction of sp³-hybridized carbons (Fsp3) is 0.120. The van der Waals surface area contributed by atoms with Crippen LogP contribution >= 0.6 is 0 Å². The molecule has 1 aliphatic heterocycles. The fourth-order valence-electron chi connectivity index (χ4n) is 3.94. The lowest BCUT2D eigenvalue weighted by Gasteiger charge is -2.33. The third kappa shape index (κ3) is 4.43. The van der Waals surface area contributed by atoms with Crippen molar-refractivity contribution in [3.8, 4) is 11.3 Å². The Morgan fingerprint density at radius 2 is 1.91 bits per heavy atom. The largest absolute Gasteiger partial charge is 0.417 e. The van der Waals surface area contributed by atoms with Crippen molar-refractivity contribution < 1.29 is 13.2 Å². The van der Waals surface area contributed by atoms with Gasteiger partial charge in [0, 0.05) is 41.1 Å². The monoisotopic (exact) mass is 475 g/mol. The zero-order valence-corrected chi connectivity index (χ0v) is 18.5. The highest BCUT2D eigenvalue weighted by Gasteiger charge is 2.32. The van der Waals surface area contributed by atoms with Crippen molar-refractivity contribution in [2.75, 3.05) is 10.2 Å². The van der Waals surface area contributed by atoms with Crippen LogP contribution in [0.5, 0.6) is 0 Å². The van der Waals surface area contributed by atoms with Crippen LogP contribution < -0.4 is 16.0 Å². The number of aryl methyl sites for hydroxylation is 1. The molecule has 0 fully saturated rings. The van der Waals surface area contributed by atoms with Gasteiger partial charge < -0.3 is 16.0 Å². The van der Waals surface area contributed by atoms with Crippen molar-refractivity contribution in [3.63, 3.8) is 0 Å². The molecule has 0 spiro atoms. The van der Waals surface area contributed by atoms with Crippen molar-refractivity contribution in [1.29, 1.82) is 0 Å². The molecule has 10 heteroatoms. The van der Waals surface area contributed by atoms with E-state index in [1.807, 2.05) is 37.3 Å². The highest BCUT2D eigenvalue weighted by atomic mass is 19.4. The predicted molar refractivity (Wildman–Crippen MR) is 127 cm³/mol. The number of rotatable bonds is 4. The Kier molecular flexibility index (Phi) is 5.65. The van der Waals surface area contributed by atoms with Crippen LogP contribution in [-0.2, 0) is 6.18 Å². The lowest BCUT2D eigenvalue weighted by atomic mass is 9.98. The Morgan fingerprint density at radius 3 is 2.69 bits per heavy atom. The predicted octanol–water partition coefficient (Wildman–Crippen LogP) is 5.45. The number of anilines is 3. The lowest BCUT2D eigenvalue weighted by molar-refractivity contribution is -0.137. The summed E-state index contributed by atoms with van der Waals surface area (Å²) in [7, 11) is 0. The summed E-state index contributed by atoms with van der Waals surface area (Å²) in [5, 5.41) is 3.39. The zero-order valence-electron chi connectivity index (χ0n) is 18.5. The van der Waals surface area contributed by atoms with Crippen LogP contribution in [0, 0.1) is 6.92 Å². The maximum atomic E-state index is 13.2. The van der Waals surface area contributed by atoms with Gasteiger partial charge in [0.2, 0.25) is 0 Å². The summed E-state index contributed by atoms with van der Waals surface area (Å²) in [6.07, 6.45) is 3.54. The van der Waals surface area contributed by atoms with E-state index in [4.69, 9.17) is 5.73 Å². The van der Waals surface area contributed by atoms with Gasteiger partial charge in [-0.15, -0.1) is 0 Å². The fourth-order valence-corrected chi connectivity index (χ4v) is 3.94. The van der Waals surface area contributed by atoms with E-state index in [2.05, 4.69) is 25.3 Å². The van der Waals surface area contributed by atoms with Crippen LogP contribution in [0.1, 0.15) is 28.6 Å². The number of nitrogens with two attached hydrogens (primary N) is 1. The van der Waals surface area contributed by atoms with Crippen molar-refractivity contribution in [2.24, 2.45) is 5.73 Å². The molecule has 0 radical (unpaired) electrons. The molecular formula is C25H20F3N7. The summed E-state index contributed by atoms with van der Waals surface area (Å²) >= 11 is 0. The van der Waals surface area contributed by atoms with Crippen LogP contribution in [0.2, 0.25) is 0 Å². The Labute approximate surface area is 199 Å². The summed E-state index contributed by atoms with van der Waals surface area (Å²) in [4.78, 5) is 18.3. The molecule has 4 aromatic rings. The molecule has 35 heavy (non-hydrogen) atoms. The number of hydrogen-bond acceptors (Lipinski definition) is 7. The summed E-state index contributed by atoms with van der Waals surface area (Å²) in [5.74, 6) is 0.614. The van der Waals surface area contributed by atoms with E-state index in [1.165, 1.54) is 12.5 Å². The quantitative estimate of drug-likeness (QED) is 0.405. The number of benzene rings is 1. The van der Waals surface area contributed by atoms with Gasteiger partial charge in [0.15, 0.2) is 0 Å². The van der Waals surface area contributed by atoms with Crippen LogP contribution in [0.4, 0.5) is 30.4 Å². The third-order valence-corrected chi connectivity index (χ3v) is 5.65. The Bertz CT molecular complexity index is 1400. The number of pyridine rings is 2. The number of nitrogens with one attached hydrogen (secondary N) is 1. The van der Waals surface area contributed by atoms with Gasteiger partial charge in [-0.1, -0.05) is 12.1 Å². The second kappa shape index (κ2) is 8.80. The number of aromatic nitrogens is 4. The molecule has 0 saturated carbocycles. The minimum atomic E-state index is -4.50. The van der Waals surface area contributed by atoms with E-state index in [1.54, 1.807) is 29.4 Å². The van der Waals surface area contributed by atoms with E-state index >= 15 is 0 Å². The summed E-state index contributed by atoms with van der Waals surface area (Å²) in [6.45, 7) is 1.90. The standard InChI is InChI=1S/C25H20F3N7/c1-15-5-6-20(21-7-9-30-14-32-21)24(33-15)34-22-4-2-3-19-18(22)8-10-35(23(19)29)17-11-16(12-31-13-17)25(26,27)28/h2-14,23H,29H2,1H3,(H,33,34). The van der Waals surface area contributed by atoms with E-state index in [9.17, 15) is 13.2 Å². The van der Waals surface area contributed by atoms with E-state index in [-0.39, 0.29) is 5.69 Å². The average molecular weight is 475 g/mol. The molecule has 3 N–H and O–H groups in total. The SMILES string of the molecule is Cc1ccc(-c2ccncn2)c(Nc2cccc3c2C=CN(c2cncc(C(F)(F)F)c2)C3N)n1. The normalized spacial score (nSPS) is 15.1. The van der Waals surface area contributed by atoms with Crippen LogP contribution in [0.25, 0.3) is 17.3 Å². The first-order valence-electron chi connectivity index (χ1n) is 10.7. The molecule has 5 rings (SSSR count). The smallest absolute Gasteiger partial charge is 0.339 e. The van der Waals surface area contributed by atoms with Crippen molar-refractivity contribution in [3.05, 3.63) is 96.0 Å². The Balaban J connectivity index is 1.51. The van der Waals surface area contributed by atoms with Gasteiger partial charge in [-0.05, 0) is 48.9 Å². The van der Waals surface area contributed by atoms with Gasteiger partial charge in [-0.25, -0.2) is 15.0 Å². The third-order valence-electron chi connectivity index (χ3n) is 5.65. The Hall–Kier alpha value is -4.31. The number of nitrogens with zero attached hydrogens (tertiary/aromatic N) is 5. The lowest BCUT2D eigenvalue weighted by Crippen LogP contribution is -2.33.